The van der Waals surface area contributed by atoms with Crippen LogP contribution in [0.2, 0.25) is 0 Å². The second kappa shape index (κ2) is 3.69. The Morgan fingerprint density at radius 3 is 1.88 bits per heavy atom. The van der Waals surface area contributed by atoms with Crippen LogP contribution in [0.4, 0.5) is 0 Å². The molecule has 3 nitrogen and oxygen atoms in total. The number of morpholine rings is 1. The summed E-state index contributed by atoms with van der Waals surface area (Å²) in [5, 5.41) is 0. The minimum Gasteiger partial charge on any atom is -0.367 e. The van der Waals surface area contributed by atoms with Gasteiger partial charge in [-0.15, -0.1) is 0 Å². The molecule has 2 fully saturated rings. The molecule has 2 N–H and O–H groups in total. The van der Waals surface area contributed by atoms with Gasteiger partial charge in [0.05, 0.1) is 11.2 Å². The van der Waals surface area contributed by atoms with Gasteiger partial charge in [-0.1, -0.05) is 0 Å². The van der Waals surface area contributed by atoms with Gasteiger partial charge < -0.3 is 10.5 Å². The monoisotopic (exact) mass is 226 g/mol. The van der Waals surface area contributed by atoms with E-state index in [1.165, 1.54) is 19.3 Å². The molecule has 0 atom stereocenters. The third kappa shape index (κ3) is 2.13. The average Bonchev–Trinajstić information content (AvgIpc) is 1.96. The highest BCUT2D eigenvalue weighted by atomic mass is 16.5. The molecule has 1 aliphatic carbocycles. The van der Waals surface area contributed by atoms with Gasteiger partial charge in [0, 0.05) is 25.2 Å². The lowest BCUT2D eigenvalue weighted by molar-refractivity contribution is -0.206. The molecule has 1 saturated carbocycles. The molecule has 2 aliphatic rings. The number of hydrogen-bond donors (Lipinski definition) is 1. The number of nitrogens with zero attached hydrogens (tertiary/aromatic N) is 1. The second-order valence-electron chi connectivity index (χ2n) is 6.76. The lowest BCUT2D eigenvalue weighted by atomic mass is 9.74. The van der Waals surface area contributed by atoms with Crippen molar-refractivity contribution in [1.82, 2.24) is 4.90 Å². The maximum atomic E-state index is 6.12. The molecule has 0 aromatic rings. The topological polar surface area (TPSA) is 38.5 Å². The summed E-state index contributed by atoms with van der Waals surface area (Å²) in [7, 11) is 0. The molecule has 1 heterocycles. The van der Waals surface area contributed by atoms with Crippen molar-refractivity contribution in [2.45, 2.75) is 63.7 Å². The van der Waals surface area contributed by atoms with Gasteiger partial charge in [0.2, 0.25) is 0 Å². The van der Waals surface area contributed by atoms with Crippen molar-refractivity contribution in [3.05, 3.63) is 0 Å². The molecule has 0 unspecified atom stereocenters. The Morgan fingerprint density at radius 1 is 1.06 bits per heavy atom. The maximum absolute atomic E-state index is 6.12. The van der Waals surface area contributed by atoms with E-state index in [9.17, 15) is 0 Å². The minimum absolute atomic E-state index is 0.0560. The smallest absolute Gasteiger partial charge is 0.0761 e. The van der Waals surface area contributed by atoms with Crippen LogP contribution >= 0.6 is 0 Å². The molecule has 0 spiro atoms. The number of ether oxygens (including phenoxy) is 1. The molecule has 2 rings (SSSR count). The molecule has 0 radical (unpaired) electrons. The standard InChI is InChI=1S/C13H26N2O/c1-11(2)9-15(10-12(3,4)16-11)13(8-14)6-5-7-13/h5-10,14H2,1-4H3. The van der Waals surface area contributed by atoms with Gasteiger partial charge in [0.15, 0.2) is 0 Å². The van der Waals surface area contributed by atoms with Gasteiger partial charge in [0.1, 0.15) is 0 Å². The normalized spacial score (nSPS) is 32.1. The lowest BCUT2D eigenvalue weighted by Crippen LogP contribution is -2.68. The van der Waals surface area contributed by atoms with Gasteiger partial charge in [-0.05, 0) is 47.0 Å². The number of nitrogens with two attached hydrogens (primary N) is 1. The summed E-state index contributed by atoms with van der Waals surface area (Å²) >= 11 is 0. The molecule has 94 valence electrons. The molecule has 0 aromatic heterocycles. The van der Waals surface area contributed by atoms with E-state index >= 15 is 0 Å². The van der Waals surface area contributed by atoms with Gasteiger partial charge in [0.25, 0.3) is 0 Å². The zero-order chi connectivity index (χ0) is 12.0. The van der Waals surface area contributed by atoms with E-state index in [0.29, 0.717) is 0 Å². The highest BCUT2D eigenvalue weighted by molar-refractivity contribution is 5.04. The van der Waals surface area contributed by atoms with E-state index < -0.39 is 0 Å². The molecular weight excluding hydrogens is 200 g/mol. The fourth-order valence-corrected chi connectivity index (χ4v) is 3.36. The van der Waals surface area contributed by atoms with E-state index in [4.69, 9.17) is 10.5 Å². The third-order valence-electron chi connectivity index (χ3n) is 4.03. The number of rotatable bonds is 2. The first kappa shape index (κ1) is 12.3. The summed E-state index contributed by atoms with van der Waals surface area (Å²) in [6.45, 7) is 11.5. The van der Waals surface area contributed by atoms with Crippen LogP contribution in [0.15, 0.2) is 0 Å². The summed E-state index contributed by atoms with van der Waals surface area (Å²) in [5.41, 5.74) is 6.16. The van der Waals surface area contributed by atoms with Gasteiger partial charge in [-0.25, -0.2) is 0 Å². The van der Waals surface area contributed by atoms with Crippen molar-refractivity contribution in [2.75, 3.05) is 19.6 Å². The Kier molecular flexibility index (Phi) is 2.84. The largest absolute Gasteiger partial charge is 0.367 e. The van der Waals surface area contributed by atoms with Crippen LogP contribution in [0.25, 0.3) is 0 Å². The highest BCUT2D eigenvalue weighted by Crippen LogP contribution is 2.41. The molecular formula is C13H26N2O. The van der Waals surface area contributed by atoms with E-state index in [0.717, 1.165) is 19.6 Å². The van der Waals surface area contributed by atoms with Crippen LogP contribution in [0.1, 0.15) is 47.0 Å². The summed E-state index contributed by atoms with van der Waals surface area (Å²) in [6.07, 6.45) is 3.85. The summed E-state index contributed by atoms with van der Waals surface area (Å²) in [4.78, 5) is 2.58. The Hall–Kier alpha value is -0.120. The second-order valence-corrected chi connectivity index (χ2v) is 6.76. The molecule has 1 aliphatic heterocycles. The van der Waals surface area contributed by atoms with Gasteiger partial charge >= 0.3 is 0 Å². The Labute approximate surface area is 99.3 Å². The SMILES string of the molecule is CC1(C)CN(C2(CN)CCC2)CC(C)(C)O1. The molecule has 16 heavy (non-hydrogen) atoms. The summed E-state index contributed by atoms with van der Waals surface area (Å²) in [6, 6.07) is 0. The lowest BCUT2D eigenvalue weighted by Gasteiger charge is -2.57. The molecule has 0 amide bonds. The summed E-state index contributed by atoms with van der Waals surface area (Å²) < 4.78 is 6.12. The van der Waals surface area contributed by atoms with E-state index in [1.54, 1.807) is 0 Å². The minimum atomic E-state index is -0.0560. The maximum Gasteiger partial charge on any atom is 0.0761 e. The average molecular weight is 226 g/mol. The molecule has 0 aromatic carbocycles. The third-order valence-corrected chi connectivity index (χ3v) is 4.03. The van der Waals surface area contributed by atoms with Crippen molar-refractivity contribution in [1.29, 1.82) is 0 Å². The van der Waals surface area contributed by atoms with Crippen molar-refractivity contribution < 1.29 is 4.74 Å². The van der Waals surface area contributed by atoms with Crippen LogP contribution in [-0.2, 0) is 4.74 Å². The first-order valence-corrected chi connectivity index (χ1v) is 6.44. The zero-order valence-corrected chi connectivity index (χ0v) is 11.2. The van der Waals surface area contributed by atoms with Crippen LogP contribution in [-0.4, -0.2) is 41.3 Å². The summed E-state index contributed by atoms with van der Waals surface area (Å²) in [5.74, 6) is 0. The van der Waals surface area contributed by atoms with Crippen LogP contribution in [0.5, 0.6) is 0 Å². The van der Waals surface area contributed by atoms with Crippen molar-refractivity contribution >= 4 is 0 Å². The fourth-order valence-electron chi connectivity index (χ4n) is 3.36. The van der Waals surface area contributed by atoms with E-state index in [1.807, 2.05) is 0 Å². The van der Waals surface area contributed by atoms with E-state index in [2.05, 4.69) is 32.6 Å². The Bertz CT molecular complexity index is 248. The van der Waals surface area contributed by atoms with Crippen molar-refractivity contribution in [3.63, 3.8) is 0 Å². The molecule has 3 heteroatoms. The Morgan fingerprint density at radius 2 is 1.56 bits per heavy atom. The highest BCUT2D eigenvalue weighted by Gasteiger charge is 2.48. The quantitative estimate of drug-likeness (QED) is 0.779. The van der Waals surface area contributed by atoms with Crippen LogP contribution < -0.4 is 5.73 Å². The Balaban J connectivity index is 2.15. The van der Waals surface area contributed by atoms with Gasteiger partial charge in [-0.2, -0.15) is 0 Å². The fraction of sp³-hybridized carbons (Fsp3) is 1.00. The number of hydrogen-bond acceptors (Lipinski definition) is 3. The zero-order valence-electron chi connectivity index (χ0n) is 11.2. The molecule has 1 saturated heterocycles. The van der Waals surface area contributed by atoms with E-state index in [-0.39, 0.29) is 16.7 Å². The van der Waals surface area contributed by atoms with Crippen molar-refractivity contribution in [2.24, 2.45) is 5.73 Å². The first-order chi connectivity index (χ1) is 7.29. The molecule has 0 bridgehead atoms. The predicted octanol–water partition coefficient (Wildman–Crippen LogP) is 1.76. The van der Waals surface area contributed by atoms with Crippen molar-refractivity contribution in [3.8, 4) is 0 Å². The predicted molar refractivity (Wildman–Crippen MR) is 66.5 cm³/mol. The van der Waals surface area contributed by atoms with Crippen LogP contribution in [0.3, 0.4) is 0 Å². The first-order valence-electron chi connectivity index (χ1n) is 6.44. The van der Waals surface area contributed by atoms with Gasteiger partial charge in [-0.3, -0.25) is 4.90 Å². The van der Waals surface area contributed by atoms with Crippen LogP contribution in [0, 0.1) is 0 Å².